The summed E-state index contributed by atoms with van der Waals surface area (Å²) in [5.74, 6) is 2.63. The molecule has 0 aliphatic carbocycles. The van der Waals surface area contributed by atoms with Gasteiger partial charge in [0.05, 0.1) is 18.8 Å². The van der Waals surface area contributed by atoms with Crippen molar-refractivity contribution in [1.29, 1.82) is 0 Å². The Hall–Kier alpha value is -3.33. The van der Waals surface area contributed by atoms with Crippen LogP contribution in [0.2, 0.25) is 0 Å². The second-order valence-electron chi connectivity index (χ2n) is 6.08. The number of fused-ring (bicyclic) bond motifs is 1. The fourth-order valence-electron chi connectivity index (χ4n) is 3.07. The standard InChI is InChI=1S/C18H17N5O4/c1-2-13(16(19-5-1)23-6-8-24-9-7-23)17-21-22-18(27-17)20-12-3-4-14-15(10-12)26-11-25-14/h1-5,10H,6-9,11H2,(H,20,22). The van der Waals surface area contributed by atoms with Crippen molar-refractivity contribution in [2.75, 3.05) is 43.3 Å². The van der Waals surface area contributed by atoms with Gasteiger partial charge in [-0.2, -0.15) is 0 Å². The predicted octanol–water partition coefficient (Wildman–Crippen LogP) is 2.44. The SMILES string of the molecule is c1cnc(N2CCOCC2)c(-c2nnc(Nc3ccc4c(c3)OCO4)o2)c1. The molecule has 5 rings (SSSR count). The summed E-state index contributed by atoms with van der Waals surface area (Å²) in [7, 11) is 0. The molecular formula is C18H17N5O4. The van der Waals surface area contributed by atoms with Crippen molar-refractivity contribution in [3.63, 3.8) is 0 Å². The summed E-state index contributed by atoms with van der Waals surface area (Å²) in [6, 6.07) is 9.60. The Kier molecular flexibility index (Phi) is 3.98. The molecule has 9 nitrogen and oxygen atoms in total. The topological polar surface area (TPSA) is 94.8 Å². The number of nitrogens with zero attached hydrogens (tertiary/aromatic N) is 4. The lowest BCUT2D eigenvalue weighted by atomic mass is 10.2. The molecule has 1 saturated heterocycles. The molecule has 1 N–H and O–H groups in total. The van der Waals surface area contributed by atoms with Crippen LogP contribution in [0.4, 0.5) is 17.5 Å². The summed E-state index contributed by atoms with van der Waals surface area (Å²) < 4.78 is 21.9. The summed E-state index contributed by atoms with van der Waals surface area (Å²) >= 11 is 0. The summed E-state index contributed by atoms with van der Waals surface area (Å²) in [4.78, 5) is 6.66. The van der Waals surface area contributed by atoms with Crippen LogP contribution in [0.25, 0.3) is 11.5 Å². The van der Waals surface area contributed by atoms with Crippen molar-refractivity contribution >= 4 is 17.5 Å². The second-order valence-corrected chi connectivity index (χ2v) is 6.08. The summed E-state index contributed by atoms with van der Waals surface area (Å²) in [6.45, 7) is 3.14. The van der Waals surface area contributed by atoms with Crippen molar-refractivity contribution < 1.29 is 18.6 Å². The van der Waals surface area contributed by atoms with E-state index in [1.807, 2.05) is 30.3 Å². The molecule has 0 saturated carbocycles. The number of anilines is 3. The zero-order valence-electron chi connectivity index (χ0n) is 14.4. The lowest BCUT2D eigenvalue weighted by Gasteiger charge is -2.28. The highest BCUT2D eigenvalue weighted by Crippen LogP contribution is 2.35. The summed E-state index contributed by atoms with van der Waals surface area (Å²) in [5, 5.41) is 11.4. The molecule has 138 valence electrons. The highest BCUT2D eigenvalue weighted by atomic mass is 16.7. The van der Waals surface area contributed by atoms with E-state index in [0.717, 1.165) is 35.9 Å². The van der Waals surface area contributed by atoms with Crippen molar-refractivity contribution in [2.24, 2.45) is 0 Å². The molecule has 9 heteroatoms. The Morgan fingerprint density at radius 2 is 1.89 bits per heavy atom. The lowest BCUT2D eigenvalue weighted by molar-refractivity contribution is 0.122. The number of benzene rings is 1. The second kappa shape index (κ2) is 6.76. The van der Waals surface area contributed by atoms with E-state index >= 15 is 0 Å². The molecule has 2 aliphatic rings. The number of aromatic nitrogens is 3. The van der Waals surface area contributed by atoms with Crippen LogP contribution >= 0.6 is 0 Å². The molecule has 0 radical (unpaired) electrons. The molecule has 27 heavy (non-hydrogen) atoms. The van der Waals surface area contributed by atoms with Crippen molar-refractivity contribution in [1.82, 2.24) is 15.2 Å². The third-order valence-corrected chi connectivity index (χ3v) is 4.38. The van der Waals surface area contributed by atoms with Gasteiger partial charge in [-0.25, -0.2) is 4.98 Å². The van der Waals surface area contributed by atoms with E-state index in [4.69, 9.17) is 18.6 Å². The zero-order valence-corrected chi connectivity index (χ0v) is 14.4. The molecule has 4 heterocycles. The average molecular weight is 367 g/mol. The van der Waals surface area contributed by atoms with Gasteiger partial charge in [-0.3, -0.25) is 0 Å². The monoisotopic (exact) mass is 367 g/mol. The van der Waals surface area contributed by atoms with E-state index in [0.29, 0.717) is 30.9 Å². The first-order chi connectivity index (χ1) is 13.4. The van der Waals surface area contributed by atoms with Gasteiger partial charge < -0.3 is 28.8 Å². The Morgan fingerprint density at radius 1 is 1.00 bits per heavy atom. The molecule has 0 atom stereocenters. The average Bonchev–Trinajstić information content (AvgIpc) is 3.38. The number of hydrogen-bond acceptors (Lipinski definition) is 9. The van der Waals surface area contributed by atoms with E-state index in [1.54, 1.807) is 6.20 Å². The first-order valence-corrected chi connectivity index (χ1v) is 8.65. The van der Waals surface area contributed by atoms with E-state index < -0.39 is 0 Å². The van der Waals surface area contributed by atoms with Crippen LogP contribution in [0.15, 0.2) is 40.9 Å². The Bertz CT molecular complexity index is 954. The normalized spacial score (nSPS) is 15.8. The van der Waals surface area contributed by atoms with Crippen molar-refractivity contribution in [2.45, 2.75) is 0 Å². The maximum absolute atomic E-state index is 5.82. The number of ether oxygens (including phenoxy) is 3. The van der Waals surface area contributed by atoms with Gasteiger partial charge in [0, 0.05) is 31.0 Å². The molecular weight excluding hydrogens is 350 g/mol. The van der Waals surface area contributed by atoms with Gasteiger partial charge in [-0.15, -0.1) is 5.10 Å². The van der Waals surface area contributed by atoms with Crippen LogP contribution in [0.1, 0.15) is 0 Å². The number of pyridine rings is 1. The van der Waals surface area contributed by atoms with E-state index in [2.05, 4.69) is 25.4 Å². The van der Waals surface area contributed by atoms with Crippen LogP contribution in [0, 0.1) is 0 Å². The first-order valence-electron chi connectivity index (χ1n) is 8.65. The van der Waals surface area contributed by atoms with Crippen molar-refractivity contribution in [3.05, 3.63) is 36.5 Å². The smallest absolute Gasteiger partial charge is 0.320 e. The molecule has 2 aliphatic heterocycles. The molecule has 0 unspecified atom stereocenters. The van der Waals surface area contributed by atoms with Gasteiger partial charge >= 0.3 is 6.01 Å². The third-order valence-electron chi connectivity index (χ3n) is 4.38. The van der Waals surface area contributed by atoms with E-state index in [1.165, 1.54) is 0 Å². The summed E-state index contributed by atoms with van der Waals surface area (Å²) in [6.07, 6.45) is 1.76. The lowest BCUT2D eigenvalue weighted by Crippen LogP contribution is -2.37. The highest BCUT2D eigenvalue weighted by Gasteiger charge is 2.20. The molecule has 2 aromatic heterocycles. The van der Waals surface area contributed by atoms with E-state index in [-0.39, 0.29) is 6.79 Å². The fraction of sp³-hybridized carbons (Fsp3) is 0.278. The Balaban J connectivity index is 1.39. The largest absolute Gasteiger partial charge is 0.454 e. The minimum absolute atomic E-state index is 0.231. The zero-order chi connectivity index (χ0) is 18.1. The van der Waals surface area contributed by atoms with Crippen LogP contribution in [0.3, 0.4) is 0 Å². The maximum atomic E-state index is 5.82. The molecule has 0 bridgehead atoms. The Labute approximate surface area is 154 Å². The fourth-order valence-corrected chi connectivity index (χ4v) is 3.07. The van der Waals surface area contributed by atoms with Gasteiger partial charge in [0.2, 0.25) is 6.79 Å². The number of hydrogen-bond donors (Lipinski definition) is 1. The molecule has 0 amide bonds. The van der Waals surface area contributed by atoms with Gasteiger partial charge in [0.1, 0.15) is 5.82 Å². The molecule has 1 fully saturated rings. The number of morpholine rings is 1. The minimum Gasteiger partial charge on any atom is -0.454 e. The number of nitrogens with one attached hydrogen (secondary N) is 1. The van der Waals surface area contributed by atoms with Gasteiger partial charge in [-0.1, -0.05) is 5.10 Å². The summed E-state index contributed by atoms with van der Waals surface area (Å²) in [5.41, 5.74) is 1.57. The van der Waals surface area contributed by atoms with Gasteiger partial charge in [-0.05, 0) is 24.3 Å². The molecule has 1 aromatic carbocycles. The van der Waals surface area contributed by atoms with Crippen LogP contribution in [-0.2, 0) is 4.74 Å². The third kappa shape index (κ3) is 3.13. The van der Waals surface area contributed by atoms with Crippen molar-refractivity contribution in [3.8, 4) is 23.0 Å². The quantitative estimate of drug-likeness (QED) is 0.746. The number of rotatable bonds is 4. The maximum Gasteiger partial charge on any atom is 0.320 e. The molecule has 3 aromatic rings. The minimum atomic E-state index is 0.231. The Morgan fingerprint density at radius 3 is 2.81 bits per heavy atom. The predicted molar refractivity (Wildman–Crippen MR) is 96.4 cm³/mol. The van der Waals surface area contributed by atoms with Gasteiger partial charge in [0.15, 0.2) is 11.5 Å². The van der Waals surface area contributed by atoms with Crippen LogP contribution < -0.4 is 19.7 Å². The van der Waals surface area contributed by atoms with E-state index in [9.17, 15) is 0 Å². The van der Waals surface area contributed by atoms with Gasteiger partial charge in [0.25, 0.3) is 5.89 Å². The highest BCUT2D eigenvalue weighted by molar-refractivity contribution is 5.70. The first kappa shape index (κ1) is 15.9. The molecule has 0 spiro atoms. The van der Waals surface area contributed by atoms with Crippen LogP contribution in [-0.4, -0.2) is 48.3 Å². The van der Waals surface area contributed by atoms with Crippen LogP contribution in [0.5, 0.6) is 11.5 Å².